The average molecular weight is 306 g/mol. The predicted molar refractivity (Wildman–Crippen MR) is 77.5 cm³/mol. The van der Waals surface area contributed by atoms with Gasteiger partial charge in [-0.2, -0.15) is 0 Å². The van der Waals surface area contributed by atoms with Gasteiger partial charge in [0.25, 0.3) is 0 Å². The van der Waals surface area contributed by atoms with E-state index in [2.05, 4.69) is 10.6 Å². The van der Waals surface area contributed by atoms with E-state index in [4.69, 9.17) is 9.84 Å². The second-order valence-corrected chi connectivity index (χ2v) is 4.14. The molecular weight excluding hydrogens is 292 g/mol. The monoisotopic (exact) mass is 306 g/mol. The van der Waals surface area contributed by atoms with Crippen molar-refractivity contribution in [1.82, 2.24) is 0 Å². The number of carbonyl (C=O) groups excluding carboxylic acids is 3. The van der Waals surface area contributed by atoms with E-state index in [9.17, 15) is 19.2 Å². The topological polar surface area (TPSA) is 122 Å². The van der Waals surface area contributed by atoms with Gasteiger partial charge >= 0.3 is 11.9 Å². The molecule has 0 aromatic heterocycles. The highest BCUT2D eigenvalue weighted by molar-refractivity contribution is 6.05. The van der Waals surface area contributed by atoms with Crippen LogP contribution in [0, 0.1) is 0 Å². The molecule has 2 amide bonds. The lowest BCUT2D eigenvalue weighted by Gasteiger charge is -2.12. The Labute approximate surface area is 125 Å². The van der Waals surface area contributed by atoms with Gasteiger partial charge < -0.3 is 20.5 Å². The zero-order valence-electron chi connectivity index (χ0n) is 11.9. The van der Waals surface area contributed by atoms with Crippen molar-refractivity contribution in [2.75, 3.05) is 10.6 Å². The van der Waals surface area contributed by atoms with Crippen LogP contribution in [-0.2, 0) is 19.2 Å². The molecule has 1 aromatic carbocycles. The van der Waals surface area contributed by atoms with Gasteiger partial charge in [0, 0.05) is 32.1 Å². The molecule has 0 unspecified atom stereocenters. The first-order valence-corrected chi connectivity index (χ1v) is 6.10. The second-order valence-electron chi connectivity index (χ2n) is 4.14. The van der Waals surface area contributed by atoms with Gasteiger partial charge in [0.05, 0.1) is 11.4 Å². The Morgan fingerprint density at radius 2 is 1.73 bits per heavy atom. The standard InChI is InChI=1S/C14H14N2O6/c1-8(17)15-11-4-3-10(22-9(2)18)7-12(11)16-13(19)5-6-14(20)21/h3-7H,1-2H3,(H,15,17)(H,16,19)(H,20,21)/b6-5-. The van der Waals surface area contributed by atoms with Crippen molar-refractivity contribution in [3.05, 3.63) is 30.4 Å². The minimum atomic E-state index is -1.27. The van der Waals surface area contributed by atoms with Crippen molar-refractivity contribution in [2.45, 2.75) is 13.8 Å². The van der Waals surface area contributed by atoms with E-state index in [1.165, 1.54) is 32.0 Å². The molecule has 0 spiro atoms. The third kappa shape index (κ3) is 5.87. The van der Waals surface area contributed by atoms with Crippen LogP contribution < -0.4 is 15.4 Å². The molecule has 1 rings (SSSR count). The normalized spacial score (nSPS) is 10.1. The quantitative estimate of drug-likeness (QED) is 0.426. The van der Waals surface area contributed by atoms with Crippen molar-refractivity contribution >= 4 is 35.1 Å². The van der Waals surface area contributed by atoms with E-state index >= 15 is 0 Å². The highest BCUT2D eigenvalue weighted by atomic mass is 16.5. The van der Waals surface area contributed by atoms with Gasteiger partial charge in [-0.1, -0.05) is 0 Å². The molecule has 0 saturated heterocycles. The van der Waals surface area contributed by atoms with Crippen LogP contribution in [-0.4, -0.2) is 28.9 Å². The minimum absolute atomic E-state index is 0.161. The van der Waals surface area contributed by atoms with Crippen molar-refractivity contribution in [3.8, 4) is 5.75 Å². The molecule has 0 heterocycles. The van der Waals surface area contributed by atoms with Crippen molar-refractivity contribution in [2.24, 2.45) is 0 Å². The summed E-state index contributed by atoms with van der Waals surface area (Å²) in [5.74, 6) is -2.73. The number of amides is 2. The van der Waals surface area contributed by atoms with E-state index in [0.29, 0.717) is 6.08 Å². The second kappa shape index (κ2) is 7.58. The Hall–Kier alpha value is -3.16. The van der Waals surface area contributed by atoms with Crippen LogP contribution in [0.25, 0.3) is 0 Å². The molecule has 0 bridgehead atoms. The summed E-state index contributed by atoms with van der Waals surface area (Å²) in [6, 6.07) is 4.21. The molecule has 22 heavy (non-hydrogen) atoms. The molecule has 0 fully saturated rings. The largest absolute Gasteiger partial charge is 0.478 e. The molecule has 116 valence electrons. The van der Waals surface area contributed by atoms with Crippen LogP contribution in [0.5, 0.6) is 5.75 Å². The summed E-state index contributed by atoms with van der Waals surface area (Å²) in [5, 5.41) is 13.3. The lowest BCUT2D eigenvalue weighted by Crippen LogP contribution is -2.14. The number of hydrogen-bond donors (Lipinski definition) is 3. The van der Waals surface area contributed by atoms with Gasteiger partial charge in [-0.25, -0.2) is 4.79 Å². The van der Waals surface area contributed by atoms with Crippen molar-refractivity contribution in [3.63, 3.8) is 0 Å². The zero-order chi connectivity index (χ0) is 16.7. The van der Waals surface area contributed by atoms with Gasteiger partial charge in [-0.3, -0.25) is 14.4 Å². The summed E-state index contributed by atoms with van der Waals surface area (Å²) >= 11 is 0. The van der Waals surface area contributed by atoms with E-state index < -0.39 is 17.8 Å². The highest BCUT2D eigenvalue weighted by Crippen LogP contribution is 2.27. The lowest BCUT2D eigenvalue weighted by molar-refractivity contribution is -0.132. The molecule has 0 aliphatic heterocycles. The summed E-state index contributed by atoms with van der Waals surface area (Å²) in [7, 11) is 0. The number of benzene rings is 1. The molecule has 0 radical (unpaired) electrons. The molecule has 0 aliphatic rings. The summed E-state index contributed by atoms with van der Waals surface area (Å²) < 4.78 is 4.88. The number of carboxylic acid groups (broad SMARTS) is 1. The zero-order valence-corrected chi connectivity index (χ0v) is 11.9. The predicted octanol–water partition coefficient (Wildman–Crippen LogP) is 1.15. The molecule has 0 aliphatic carbocycles. The molecular formula is C14H14N2O6. The van der Waals surface area contributed by atoms with Crippen LogP contribution in [0.3, 0.4) is 0 Å². The molecule has 1 aromatic rings. The number of rotatable bonds is 5. The third-order valence-corrected chi connectivity index (χ3v) is 2.20. The first-order valence-electron chi connectivity index (χ1n) is 6.10. The number of aliphatic carboxylic acids is 1. The van der Waals surface area contributed by atoms with Crippen LogP contribution in [0.15, 0.2) is 30.4 Å². The fourth-order valence-electron chi connectivity index (χ4n) is 1.48. The molecule has 8 nitrogen and oxygen atoms in total. The number of esters is 1. The number of carbonyl (C=O) groups is 4. The number of hydrogen-bond acceptors (Lipinski definition) is 5. The van der Waals surface area contributed by atoms with Gasteiger partial charge in [0.15, 0.2) is 0 Å². The summed E-state index contributed by atoms with van der Waals surface area (Å²) in [6.45, 7) is 2.51. The maximum Gasteiger partial charge on any atom is 0.328 e. The van der Waals surface area contributed by atoms with E-state index in [1.54, 1.807) is 0 Å². The first-order chi connectivity index (χ1) is 10.3. The van der Waals surface area contributed by atoms with Crippen LogP contribution in [0.2, 0.25) is 0 Å². The van der Waals surface area contributed by atoms with Crippen molar-refractivity contribution < 1.29 is 29.0 Å². The van der Waals surface area contributed by atoms with Crippen molar-refractivity contribution in [1.29, 1.82) is 0 Å². The smallest absolute Gasteiger partial charge is 0.328 e. The molecule has 3 N–H and O–H groups in total. The lowest BCUT2D eigenvalue weighted by atomic mass is 10.2. The fraction of sp³-hybridized carbons (Fsp3) is 0.143. The van der Waals surface area contributed by atoms with Crippen LogP contribution in [0.1, 0.15) is 13.8 Å². The van der Waals surface area contributed by atoms with E-state index in [1.807, 2.05) is 0 Å². The van der Waals surface area contributed by atoms with Gasteiger partial charge in [-0.15, -0.1) is 0 Å². The summed E-state index contributed by atoms with van der Waals surface area (Å²) in [6.07, 6.45) is 1.49. The van der Waals surface area contributed by atoms with Crippen LogP contribution in [0.4, 0.5) is 11.4 Å². The number of anilines is 2. The third-order valence-electron chi connectivity index (χ3n) is 2.20. The van der Waals surface area contributed by atoms with E-state index in [0.717, 1.165) is 6.08 Å². The molecule has 0 atom stereocenters. The van der Waals surface area contributed by atoms with Gasteiger partial charge in [0.1, 0.15) is 5.75 Å². The number of nitrogens with one attached hydrogen (secondary N) is 2. The van der Waals surface area contributed by atoms with Gasteiger partial charge in [-0.05, 0) is 12.1 Å². The Balaban J connectivity index is 3.04. The maximum atomic E-state index is 11.6. The fourth-order valence-corrected chi connectivity index (χ4v) is 1.48. The number of carboxylic acids is 1. The van der Waals surface area contributed by atoms with E-state index in [-0.39, 0.29) is 23.0 Å². The molecule has 8 heteroatoms. The first kappa shape index (κ1) is 16.9. The SMILES string of the molecule is CC(=O)Nc1ccc(OC(C)=O)cc1NC(=O)/C=C\C(=O)O. The number of ether oxygens (including phenoxy) is 1. The molecule has 0 saturated carbocycles. The Morgan fingerprint density at radius 1 is 1.05 bits per heavy atom. The summed E-state index contributed by atoms with van der Waals surface area (Å²) in [5.41, 5.74) is 0.439. The summed E-state index contributed by atoms with van der Waals surface area (Å²) in [4.78, 5) is 44.0. The van der Waals surface area contributed by atoms with Gasteiger partial charge in [0.2, 0.25) is 11.8 Å². The minimum Gasteiger partial charge on any atom is -0.478 e. The highest BCUT2D eigenvalue weighted by Gasteiger charge is 2.10. The maximum absolute atomic E-state index is 11.6. The Bertz CT molecular complexity index is 651. The van der Waals surface area contributed by atoms with Crippen LogP contribution >= 0.6 is 0 Å². The average Bonchev–Trinajstić information content (AvgIpc) is 2.38. The Morgan fingerprint density at radius 3 is 2.27 bits per heavy atom. The Kier molecular flexibility index (Phi) is 5.82.